The summed E-state index contributed by atoms with van der Waals surface area (Å²) < 4.78 is 16.2. The van der Waals surface area contributed by atoms with Gasteiger partial charge in [0.1, 0.15) is 5.82 Å². The minimum absolute atomic E-state index is 0.212. The molecule has 0 atom stereocenters. The first kappa shape index (κ1) is 14.1. The van der Waals surface area contributed by atoms with E-state index in [-0.39, 0.29) is 5.82 Å². The first-order valence-electron chi connectivity index (χ1n) is 6.21. The molecule has 5 heteroatoms. The monoisotopic (exact) mass is 325 g/mol. The number of halogens is 2. The lowest BCUT2D eigenvalue weighted by Gasteiger charge is -2.23. The molecule has 3 nitrogen and oxygen atoms in total. The highest BCUT2D eigenvalue weighted by molar-refractivity contribution is 9.10. The molecule has 0 radical (unpaired) electrons. The maximum Gasteiger partial charge on any atom is 0.125 e. The van der Waals surface area contributed by atoms with Gasteiger partial charge in [-0.25, -0.2) is 4.39 Å². The predicted molar refractivity (Wildman–Crippen MR) is 78.8 cm³/mol. The highest BCUT2D eigenvalue weighted by Gasteiger charge is 2.14. The quantitative estimate of drug-likeness (QED) is 0.855. The Hall–Kier alpha value is -1.36. The lowest BCUT2D eigenvalue weighted by molar-refractivity contribution is 0.625. The third kappa shape index (κ3) is 2.97. The molecule has 2 rings (SSSR count). The molecule has 1 heterocycles. The molecule has 0 aliphatic rings. The zero-order chi connectivity index (χ0) is 14.0. The Morgan fingerprint density at radius 1 is 1.42 bits per heavy atom. The summed E-state index contributed by atoms with van der Waals surface area (Å²) >= 11 is 3.56. The Kier molecular flexibility index (Phi) is 4.24. The van der Waals surface area contributed by atoms with Crippen LogP contribution in [0.25, 0.3) is 0 Å². The maximum absolute atomic E-state index is 13.3. The van der Waals surface area contributed by atoms with Crippen LogP contribution in [0.3, 0.4) is 0 Å². The van der Waals surface area contributed by atoms with E-state index in [1.807, 2.05) is 24.7 Å². The van der Waals surface area contributed by atoms with Crippen molar-refractivity contribution in [2.24, 2.45) is 7.05 Å². The number of aromatic nitrogens is 2. The summed E-state index contributed by atoms with van der Waals surface area (Å²) in [6, 6.07) is 6.67. The molecule has 1 aromatic heterocycles. The van der Waals surface area contributed by atoms with E-state index in [1.54, 1.807) is 12.1 Å². The summed E-state index contributed by atoms with van der Waals surface area (Å²) in [4.78, 5) is 2.12. The van der Waals surface area contributed by atoms with Crippen molar-refractivity contribution in [1.29, 1.82) is 0 Å². The largest absolute Gasteiger partial charge is 0.366 e. The van der Waals surface area contributed by atoms with Crippen LogP contribution in [-0.2, 0) is 13.6 Å². The second-order valence-electron chi connectivity index (χ2n) is 4.46. The van der Waals surface area contributed by atoms with E-state index in [2.05, 4.69) is 32.9 Å². The van der Waals surface area contributed by atoms with Crippen molar-refractivity contribution >= 4 is 21.6 Å². The Labute approximate surface area is 121 Å². The summed E-state index contributed by atoms with van der Waals surface area (Å²) in [7, 11) is 1.92. The molecule has 2 aromatic rings. The van der Waals surface area contributed by atoms with Crippen LogP contribution in [0.5, 0.6) is 0 Å². The van der Waals surface area contributed by atoms with E-state index in [0.717, 1.165) is 28.1 Å². The standard InChI is InChI=1S/C14H17BrFN3/c1-4-19(12-7-5-6-11(16)8-12)9-13-14(15)10(2)17-18(13)3/h5-8H,4,9H2,1-3H3. The van der Waals surface area contributed by atoms with E-state index >= 15 is 0 Å². The van der Waals surface area contributed by atoms with Crippen molar-refractivity contribution in [3.63, 3.8) is 0 Å². The topological polar surface area (TPSA) is 21.1 Å². The Bertz CT molecular complexity index is 580. The van der Waals surface area contributed by atoms with Crippen LogP contribution in [0.2, 0.25) is 0 Å². The molecule has 0 saturated heterocycles. The van der Waals surface area contributed by atoms with Crippen LogP contribution in [0.4, 0.5) is 10.1 Å². The van der Waals surface area contributed by atoms with Crippen LogP contribution in [0.15, 0.2) is 28.7 Å². The number of hydrogen-bond donors (Lipinski definition) is 0. The van der Waals surface area contributed by atoms with Gasteiger partial charge >= 0.3 is 0 Å². The molecule has 102 valence electrons. The highest BCUT2D eigenvalue weighted by Crippen LogP contribution is 2.24. The van der Waals surface area contributed by atoms with Crippen LogP contribution >= 0.6 is 15.9 Å². The lowest BCUT2D eigenvalue weighted by Crippen LogP contribution is -2.23. The first-order chi connectivity index (χ1) is 9.02. The van der Waals surface area contributed by atoms with E-state index in [0.29, 0.717) is 6.54 Å². The van der Waals surface area contributed by atoms with Crippen LogP contribution in [0.1, 0.15) is 18.3 Å². The van der Waals surface area contributed by atoms with E-state index in [1.165, 1.54) is 6.07 Å². The molecule has 0 N–H and O–H groups in total. The van der Waals surface area contributed by atoms with Crippen LogP contribution in [-0.4, -0.2) is 16.3 Å². The Morgan fingerprint density at radius 3 is 2.68 bits per heavy atom. The molecule has 0 saturated carbocycles. The van der Waals surface area contributed by atoms with Gasteiger partial charge in [-0.2, -0.15) is 5.10 Å². The van der Waals surface area contributed by atoms with Gasteiger partial charge in [0.15, 0.2) is 0 Å². The minimum atomic E-state index is -0.212. The first-order valence-corrected chi connectivity index (χ1v) is 7.00. The summed E-state index contributed by atoms with van der Waals surface area (Å²) in [5.41, 5.74) is 2.93. The van der Waals surface area contributed by atoms with Crippen molar-refractivity contribution in [2.75, 3.05) is 11.4 Å². The van der Waals surface area contributed by atoms with Gasteiger partial charge in [-0.15, -0.1) is 0 Å². The highest BCUT2D eigenvalue weighted by atomic mass is 79.9. The van der Waals surface area contributed by atoms with E-state index in [4.69, 9.17) is 0 Å². The van der Waals surface area contributed by atoms with Crippen molar-refractivity contribution in [2.45, 2.75) is 20.4 Å². The van der Waals surface area contributed by atoms with Gasteiger partial charge in [0.2, 0.25) is 0 Å². The minimum Gasteiger partial charge on any atom is -0.366 e. The van der Waals surface area contributed by atoms with Crippen molar-refractivity contribution in [1.82, 2.24) is 9.78 Å². The van der Waals surface area contributed by atoms with Gasteiger partial charge in [-0.1, -0.05) is 6.07 Å². The summed E-state index contributed by atoms with van der Waals surface area (Å²) in [6.45, 7) is 5.52. The third-order valence-corrected chi connectivity index (χ3v) is 4.19. The van der Waals surface area contributed by atoms with Gasteiger partial charge in [0, 0.05) is 19.3 Å². The molecule has 1 aromatic carbocycles. The van der Waals surface area contributed by atoms with Crippen molar-refractivity contribution in [3.8, 4) is 0 Å². The van der Waals surface area contributed by atoms with Gasteiger partial charge < -0.3 is 4.90 Å². The van der Waals surface area contributed by atoms with Crippen LogP contribution < -0.4 is 4.90 Å². The molecule has 0 amide bonds. The summed E-state index contributed by atoms with van der Waals surface area (Å²) in [6.07, 6.45) is 0. The predicted octanol–water partition coefficient (Wildman–Crippen LogP) is 3.66. The number of hydrogen-bond acceptors (Lipinski definition) is 2. The van der Waals surface area contributed by atoms with E-state index < -0.39 is 0 Å². The molecule has 0 aliphatic heterocycles. The van der Waals surface area contributed by atoms with Crippen molar-refractivity contribution < 1.29 is 4.39 Å². The van der Waals surface area contributed by atoms with E-state index in [9.17, 15) is 4.39 Å². The van der Waals surface area contributed by atoms with Gasteiger partial charge in [-0.3, -0.25) is 4.68 Å². The SMILES string of the molecule is CCN(Cc1c(Br)c(C)nn1C)c1cccc(F)c1. The molecule has 0 bridgehead atoms. The normalized spacial score (nSPS) is 10.8. The number of benzene rings is 1. The van der Waals surface area contributed by atoms with Crippen molar-refractivity contribution in [3.05, 3.63) is 45.9 Å². The Morgan fingerprint density at radius 2 is 2.16 bits per heavy atom. The Balaban J connectivity index is 2.29. The number of aryl methyl sites for hydroxylation is 2. The fraction of sp³-hybridized carbons (Fsp3) is 0.357. The lowest BCUT2D eigenvalue weighted by atomic mass is 10.2. The molecule has 0 fully saturated rings. The molecular weight excluding hydrogens is 309 g/mol. The molecular formula is C14H17BrFN3. The second kappa shape index (κ2) is 5.74. The van der Waals surface area contributed by atoms with Gasteiger partial charge in [0.25, 0.3) is 0 Å². The average molecular weight is 326 g/mol. The number of rotatable bonds is 4. The smallest absolute Gasteiger partial charge is 0.125 e. The fourth-order valence-corrected chi connectivity index (χ4v) is 2.55. The molecule has 19 heavy (non-hydrogen) atoms. The zero-order valence-corrected chi connectivity index (χ0v) is 12.9. The van der Waals surface area contributed by atoms with Gasteiger partial charge in [0.05, 0.1) is 22.4 Å². The number of anilines is 1. The average Bonchev–Trinajstić information content (AvgIpc) is 2.61. The van der Waals surface area contributed by atoms with Crippen LogP contribution in [0, 0.1) is 12.7 Å². The summed E-state index contributed by atoms with van der Waals surface area (Å²) in [5, 5.41) is 4.38. The second-order valence-corrected chi connectivity index (χ2v) is 5.26. The molecule has 0 aliphatic carbocycles. The number of nitrogens with zero attached hydrogens (tertiary/aromatic N) is 3. The zero-order valence-electron chi connectivity index (χ0n) is 11.3. The third-order valence-electron chi connectivity index (χ3n) is 3.16. The van der Waals surface area contributed by atoms with Gasteiger partial charge in [-0.05, 0) is 48.0 Å². The molecule has 0 unspecified atom stereocenters. The fourth-order valence-electron chi connectivity index (χ4n) is 2.09. The molecule has 0 spiro atoms. The maximum atomic E-state index is 13.3. The summed E-state index contributed by atoms with van der Waals surface area (Å²) in [5.74, 6) is -0.212.